The first kappa shape index (κ1) is 22.0. The molecule has 1 aromatic heterocycles. The third-order valence-electron chi connectivity index (χ3n) is 2.87. The fourth-order valence-electron chi connectivity index (χ4n) is 1.56. The molecule has 4 nitrogen and oxygen atoms in total. The van der Waals surface area contributed by atoms with E-state index in [4.69, 9.17) is 4.74 Å². The topological polar surface area (TPSA) is 45.3 Å². The predicted molar refractivity (Wildman–Crippen MR) is 92.3 cm³/mol. The van der Waals surface area contributed by atoms with E-state index in [0.717, 1.165) is 6.04 Å². The molecule has 0 spiro atoms. The van der Waals surface area contributed by atoms with Crippen molar-refractivity contribution in [1.29, 1.82) is 0 Å². The molecule has 21 heavy (non-hydrogen) atoms. The van der Waals surface area contributed by atoms with Gasteiger partial charge in [0, 0.05) is 18.3 Å². The highest BCUT2D eigenvalue weighted by atomic mass is 16.5. The van der Waals surface area contributed by atoms with E-state index < -0.39 is 0 Å². The smallest absolute Gasteiger partial charge is 0.248 e. The Morgan fingerprint density at radius 1 is 1.19 bits per heavy atom. The number of H-pyrrole nitrogens is 1. The lowest BCUT2D eigenvalue weighted by atomic mass is 9.92. The van der Waals surface area contributed by atoms with Crippen LogP contribution in [0, 0.1) is 0 Å². The number of nitrogens with zero attached hydrogens (tertiary/aromatic N) is 1. The quantitative estimate of drug-likeness (QED) is 0.919. The van der Waals surface area contributed by atoms with Gasteiger partial charge < -0.3 is 14.6 Å². The number of hydrogen-bond acceptors (Lipinski definition) is 3. The summed E-state index contributed by atoms with van der Waals surface area (Å²) in [6.07, 6.45) is 5.84. The highest BCUT2D eigenvalue weighted by Gasteiger charge is 2.18. The molecular formula is C17H34N2O2. The molecule has 0 saturated heterocycles. The second kappa shape index (κ2) is 15.1. The molecule has 0 unspecified atom stereocenters. The highest BCUT2D eigenvalue weighted by Crippen LogP contribution is 2.21. The van der Waals surface area contributed by atoms with Crippen LogP contribution in [-0.4, -0.2) is 36.6 Å². The lowest BCUT2D eigenvalue weighted by Crippen LogP contribution is -2.33. The van der Waals surface area contributed by atoms with Crippen LogP contribution < -0.4 is 10.3 Å². The molecule has 4 heteroatoms. The minimum absolute atomic E-state index is 0.108. The van der Waals surface area contributed by atoms with E-state index in [9.17, 15) is 4.79 Å². The van der Waals surface area contributed by atoms with Crippen molar-refractivity contribution in [3.63, 3.8) is 0 Å². The first-order valence-corrected chi connectivity index (χ1v) is 8.11. The van der Waals surface area contributed by atoms with Gasteiger partial charge in [-0.2, -0.15) is 0 Å². The van der Waals surface area contributed by atoms with Gasteiger partial charge >= 0.3 is 0 Å². The molecule has 0 radical (unpaired) electrons. The average Bonchev–Trinajstić information content (AvgIpc) is 2.44. The molecule has 1 aromatic rings. The number of hydrogen-bond donors (Lipinski definition) is 1. The van der Waals surface area contributed by atoms with Crippen molar-refractivity contribution in [3.05, 3.63) is 28.7 Å². The van der Waals surface area contributed by atoms with Gasteiger partial charge in [0.25, 0.3) is 0 Å². The molecule has 2 rings (SSSR count). The van der Waals surface area contributed by atoms with Gasteiger partial charge in [0.1, 0.15) is 5.75 Å². The molecule has 0 bridgehead atoms. The molecule has 0 atom stereocenters. The van der Waals surface area contributed by atoms with Gasteiger partial charge in [0.2, 0.25) is 5.56 Å². The summed E-state index contributed by atoms with van der Waals surface area (Å²) in [6.45, 7) is 10.5. The lowest BCUT2D eigenvalue weighted by molar-refractivity contribution is 0.193. The fourth-order valence-corrected chi connectivity index (χ4v) is 1.56. The second-order valence-electron chi connectivity index (χ2n) is 4.37. The molecule has 124 valence electrons. The van der Waals surface area contributed by atoms with E-state index in [2.05, 4.69) is 24.0 Å². The second-order valence-corrected chi connectivity index (χ2v) is 4.37. The Bertz CT molecular complexity index is 351. The summed E-state index contributed by atoms with van der Waals surface area (Å²) < 4.78 is 5.09. The van der Waals surface area contributed by atoms with Crippen LogP contribution in [0.15, 0.2) is 23.1 Å². The Labute approximate surface area is 130 Å². The van der Waals surface area contributed by atoms with Crippen LogP contribution in [0.3, 0.4) is 0 Å². The number of nitrogens with one attached hydrogen (secondary N) is 1. The molecule has 1 aliphatic carbocycles. The van der Waals surface area contributed by atoms with Gasteiger partial charge in [-0.3, -0.25) is 4.79 Å². The maximum Gasteiger partial charge on any atom is 0.248 e. The first-order valence-electron chi connectivity index (χ1n) is 8.11. The van der Waals surface area contributed by atoms with E-state index >= 15 is 0 Å². The normalized spacial score (nSPS) is 12.6. The van der Waals surface area contributed by atoms with Crippen molar-refractivity contribution < 1.29 is 4.74 Å². The van der Waals surface area contributed by atoms with Gasteiger partial charge in [-0.1, -0.05) is 34.1 Å². The van der Waals surface area contributed by atoms with E-state index in [0.29, 0.717) is 12.4 Å². The van der Waals surface area contributed by atoms with Gasteiger partial charge in [0.15, 0.2) is 0 Å². The number of pyridine rings is 1. The monoisotopic (exact) mass is 298 g/mol. The Balaban J connectivity index is 0. The Hall–Kier alpha value is -1.29. The largest absolute Gasteiger partial charge is 0.492 e. The molecule has 0 amide bonds. The Kier molecular flexibility index (Phi) is 15.8. The maximum absolute atomic E-state index is 10.5. The van der Waals surface area contributed by atoms with Crippen LogP contribution in [0.25, 0.3) is 0 Å². The average molecular weight is 298 g/mol. The van der Waals surface area contributed by atoms with Crippen LogP contribution in [-0.2, 0) is 0 Å². The van der Waals surface area contributed by atoms with Gasteiger partial charge in [-0.25, -0.2) is 0 Å². The summed E-state index contributed by atoms with van der Waals surface area (Å²) in [5, 5.41) is 0. The van der Waals surface area contributed by atoms with Crippen molar-refractivity contribution >= 4 is 0 Å². The molecule has 0 aliphatic heterocycles. The van der Waals surface area contributed by atoms with Gasteiger partial charge in [0.05, 0.1) is 6.61 Å². The van der Waals surface area contributed by atoms with Crippen LogP contribution in [0.1, 0.15) is 53.9 Å². The molecule has 1 saturated carbocycles. The number of ether oxygens (including phenoxy) is 1. The van der Waals surface area contributed by atoms with Crippen molar-refractivity contribution in [2.24, 2.45) is 0 Å². The SMILES string of the molecule is CC.CC.CCOc1ccc(=O)[nH]c1.CN(C)C1CCC1. The zero-order chi connectivity index (χ0) is 16.7. The fraction of sp³-hybridized carbons (Fsp3) is 0.706. The zero-order valence-electron chi connectivity index (χ0n) is 14.9. The van der Waals surface area contributed by atoms with Crippen molar-refractivity contribution in [1.82, 2.24) is 9.88 Å². The van der Waals surface area contributed by atoms with Crippen LogP contribution in [0.4, 0.5) is 0 Å². The van der Waals surface area contributed by atoms with Crippen LogP contribution in [0.5, 0.6) is 5.75 Å². The number of rotatable bonds is 3. The Morgan fingerprint density at radius 3 is 2.00 bits per heavy atom. The standard InChI is InChI=1S/C7H9NO2.C6H13N.2C2H6/c1-2-10-6-3-4-7(9)8-5-6;1-7(2)6-4-3-5-6;2*1-2/h3-5H,2H2,1H3,(H,8,9);6H,3-5H2,1-2H3;2*1-2H3. The maximum atomic E-state index is 10.5. The van der Waals surface area contributed by atoms with E-state index in [1.807, 2.05) is 34.6 Å². The van der Waals surface area contributed by atoms with Crippen LogP contribution in [0.2, 0.25) is 0 Å². The molecule has 1 heterocycles. The summed E-state index contributed by atoms with van der Waals surface area (Å²) in [6, 6.07) is 3.99. The molecule has 0 aromatic carbocycles. The van der Waals surface area contributed by atoms with Gasteiger partial charge in [-0.15, -0.1) is 0 Å². The molecular weight excluding hydrogens is 264 g/mol. The summed E-state index contributed by atoms with van der Waals surface area (Å²) >= 11 is 0. The van der Waals surface area contributed by atoms with E-state index in [1.165, 1.54) is 25.3 Å². The Morgan fingerprint density at radius 2 is 1.76 bits per heavy atom. The number of aromatic nitrogens is 1. The molecule has 1 N–H and O–H groups in total. The predicted octanol–water partition coefficient (Wildman–Crippen LogP) is 3.93. The zero-order valence-corrected chi connectivity index (χ0v) is 14.9. The van der Waals surface area contributed by atoms with Crippen molar-refractivity contribution in [3.8, 4) is 5.75 Å². The minimum atomic E-state index is -0.108. The molecule has 1 fully saturated rings. The summed E-state index contributed by atoms with van der Waals surface area (Å²) in [5.41, 5.74) is -0.108. The van der Waals surface area contributed by atoms with Crippen molar-refractivity contribution in [2.75, 3.05) is 20.7 Å². The number of aromatic amines is 1. The van der Waals surface area contributed by atoms with Gasteiger partial charge in [-0.05, 0) is 39.9 Å². The van der Waals surface area contributed by atoms with E-state index in [1.54, 1.807) is 12.3 Å². The van der Waals surface area contributed by atoms with E-state index in [-0.39, 0.29) is 5.56 Å². The lowest BCUT2D eigenvalue weighted by Gasteiger charge is -2.31. The summed E-state index contributed by atoms with van der Waals surface area (Å²) in [7, 11) is 4.31. The summed E-state index contributed by atoms with van der Waals surface area (Å²) in [4.78, 5) is 15.3. The van der Waals surface area contributed by atoms with Crippen molar-refractivity contribution in [2.45, 2.75) is 59.9 Å². The summed E-state index contributed by atoms with van der Waals surface area (Å²) in [5.74, 6) is 0.696. The first-order chi connectivity index (χ1) is 10.1. The third kappa shape index (κ3) is 11.1. The minimum Gasteiger partial charge on any atom is -0.492 e. The van der Waals surface area contributed by atoms with Crippen LogP contribution >= 0.6 is 0 Å². The highest BCUT2D eigenvalue weighted by molar-refractivity contribution is 5.15. The molecule has 1 aliphatic rings. The third-order valence-corrected chi connectivity index (χ3v) is 2.87.